The molecule has 1 rings (SSSR count). The second-order valence-corrected chi connectivity index (χ2v) is 3.59. The molecule has 0 spiro atoms. The maximum atomic E-state index is 5.95. The van der Waals surface area contributed by atoms with Crippen molar-refractivity contribution in [1.82, 2.24) is 4.98 Å². The van der Waals surface area contributed by atoms with E-state index in [9.17, 15) is 0 Å². The van der Waals surface area contributed by atoms with Crippen molar-refractivity contribution < 1.29 is 4.74 Å². The van der Waals surface area contributed by atoms with Crippen LogP contribution in [0, 0.1) is 0 Å². The van der Waals surface area contributed by atoms with Crippen LogP contribution in [-0.2, 0) is 4.74 Å². The fourth-order valence-corrected chi connectivity index (χ4v) is 1.30. The average Bonchev–Trinajstić information content (AvgIpc) is 2.18. The second-order valence-electron chi connectivity index (χ2n) is 3.18. The van der Waals surface area contributed by atoms with Crippen molar-refractivity contribution >= 4 is 17.3 Å². The molecule has 1 atom stereocenters. The van der Waals surface area contributed by atoms with Gasteiger partial charge in [0.1, 0.15) is 0 Å². The molecular weight excluding hydrogens is 200 g/mol. The number of nitrogens with one attached hydrogen (secondary N) is 1. The number of pyridine rings is 1. The van der Waals surface area contributed by atoms with E-state index in [1.165, 1.54) is 0 Å². The first-order valence-corrected chi connectivity index (χ1v) is 4.97. The van der Waals surface area contributed by atoms with E-state index in [0.717, 1.165) is 18.7 Å². The Bertz CT molecular complexity index is 281. The molecule has 0 saturated carbocycles. The number of hydrogen-bond acceptors (Lipinski definition) is 3. The second kappa shape index (κ2) is 5.83. The van der Waals surface area contributed by atoms with Crippen molar-refractivity contribution in [2.24, 2.45) is 0 Å². The molecular formula is C10H15ClN2O. The molecule has 1 aromatic heterocycles. The third-order valence-corrected chi connectivity index (χ3v) is 2.23. The van der Waals surface area contributed by atoms with E-state index in [0.29, 0.717) is 11.1 Å². The Kier molecular flexibility index (Phi) is 4.70. The molecule has 0 bridgehead atoms. The van der Waals surface area contributed by atoms with Crippen LogP contribution in [0.3, 0.4) is 0 Å². The monoisotopic (exact) mass is 214 g/mol. The Morgan fingerprint density at radius 2 is 2.43 bits per heavy atom. The van der Waals surface area contributed by atoms with Crippen molar-refractivity contribution in [3.8, 4) is 0 Å². The third kappa shape index (κ3) is 3.52. The smallest absolute Gasteiger partial charge is 0.0820 e. The Labute approximate surface area is 89.4 Å². The zero-order valence-electron chi connectivity index (χ0n) is 8.46. The predicted molar refractivity (Wildman–Crippen MR) is 58.8 cm³/mol. The van der Waals surface area contributed by atoms with Crippen LogP contribution in [-0.4, -0.2) is 24.7 Å². The molecule has 0 amide bonds. The lowest BCUT2D eigenvalue weighted by molar-refractivity contribution is 0.191. The van der Waals surface area contributed by atoms with Crippen molar-refractivity contribution in [3.05, 3.63) is 23.5 Å². The molecule has 1 unspecified atom stereocenters. The standard InChI is InChI=1S/C10H15ClN2O/c1-8(4-6-14-2)13-10-3-5-12-7-9(10)11/h3,5,7-8H,4,6H2,1-2H3,(H,12,13). The van der Waals surface area contributed by atoms with Crippen LogP contribution in [0.2, 0.25) is 5.02 Å². The lowest BCUT2D eigenvalue weighted by Crippen LogP contribution is -2.17. The summed E-state index contributed by atoms with van der Waals surface area (Å²) in [5, 5.41) is 3.94. The minimum atomic E-state index is 0.342. The lowest BCUT2D eigenvalue weighted by Gasteiger charge is -2.15. The summed E-state index contributed by atoms with van der Waals surface area (Å²) in [6.45, 7) is 2.84. The fourth-order valence-electron chi connectivity index (χ4n) is 1.12. The number of halogens is 1. The molecule has 1 heterocycles. The lowest BCUT2D eigenvalue weighted by atomic mass is 10.2. The van der Waals surface area contributed by atoms with Crippen LogP contribution >= 0.6 is 11.6 Å². The van der Waals surface area contributed by atoms with Crippen molar-refractivity contribution in [2.75, 3.05) is 19.0 Å². The number of methoxy groups -OCH3 is 1. The third-order valence-electron chi connectivity index (χ3n) is 1.93. The van der Waals surface area contributed by atoms with Crippen LogP contribution in [0.15, 0.2) is 18.5 Å². The summed E-state index contributed by atoms with van der Waals surface area (Å²) in [4.78, 5) is 3.92. The maximum absolute atomic E-state index is 5.95. The molecule has 0 saturated heterocycles. The van der Waals surface area contributed by atoms with Gasteiger partial charge in [-0.15, -0.1) is 0 Å². The van der Waals surface area contributed by atoms with Crippen LogP contribution in [0.1, 0.15) is 13.3 Å². The Morgan fingerprint density at radius 3 is 3.07 bits per heavy atom. The predicted octanol–water partition coefficient (Wildman–Crippen LogP) is 2.57. The quantitative estimate of drug-likeness (QED) is 0.818. The highest BCUT2D eigenvalue weighted by atomic mass is 35.5. The molecule has 0 aliphatic carbocycles. The molecule has 1 aromatic rings. The number of ether oxygens (including phenoxy) is 1. The van der Waals surface area contributed by atoms with Gasteiger partial charge in [-0.2, -0.15) is 0 Å². The molecule has 4 heteroatoms. The zero-order chi connectivity index (χ0) is 10.4. The van der Waals surface area contributed by atoms with E-state index in [1.54, 1.807) is 19.5 Å². The van der Waals surface area contributed by atoms with Crippen molar-refractivity contribution in [1.29, 1.82) is 0 Å². The fraction of sp³-hybridized carbons (Fsp3) is 0.500. The molecule has 1 N–H and O–H groups in total. The minimum absolute atomic E-state index is 0.342. The Balaban J connectivity index is 2.47. The van der Waals surface area contributed by atoms with Gasteiger partial charge in [0, 0.05) is 32.2 Å². The van der Waals surface area contributed by atoms with E-state index in [1.807, 2.05) is 6.07 Å². The summed E-state index contributed by atoms with van der Waals surface area (Å²) in [5.41, 5.74) is 0.922. The molecule has 0 radical (unpaired) electrons. The normalized spacial score (nSPS) is 12.5. The first kappa shape index (κ1) is 11.3. The van der Waals surface area contributed by atoms with E-state index in [-0.39, 0.29) is 0 Å². The summed E-state index contributed by atoms with van der Waals surface area (Å²) >= 11 is 5.95. The number of anilines is 1. The summed E-state index contributed by atoms with van der Waals surface area (Å²) in [7, 11) is 1.70. The summed E-state index contributed by atoms with van der Waals surface area (Å²) in [5.74, 6) is 0. The Hall–Kier alpha value is -0.800. The first-order valence-electron chi connectivity index (χ1n) is 4.59. The largest absolute Gasteiger partial charge is 0.385 e. The molecule has 14 heavy (non-hydrogen) atoms. The van der Waals surface area contributed by atoms with Gasteiger partial charge in [-0.25, -0.2) is 0 Å². The van der Waals surface area contributed by atoms with Crippen LogP contribution in [0.4, 0.5) is 5.69 Å². The topological polar surface area (TPSA) is 34.1 Å². The molecule has 0 fully saturated rings. The van der Waals surface area contributed by atoms with E-state index in [4.69, 9.17) is 16.3 Å². The molecule has 3 nitrogen and oxygen atoms in total. The van der Waals surface area contributed by atoms with Crippen molar-refractivity contribution in [3.63, 3.8) is 0 Å². The first-order chi connectivity index (χ1) is 6.74. The highest BCUT2D eigenvalue weighted by Crippen LogP contribution is 2.20. The van der Waals surface area contributed by atoms with Gasteiger partial charge in [0.25, 0.3) is 0 Å². The van der Waals surface area contributed by atoms with Gasteiger partial charge in [-0.05, 0) is 19.4 Å². The van der Waals surface area contributed by atoms with Gasteiger partial charge in [0.15, 0.2) is 0 Å². The van der Waals surface area contributed by atoms with Gasteiger partial charge in [-0.1, -0.05) is 11.6 Å². The highest BCUT2D eigenvalue weighted by Gasteiger charge is 2.04. The summed E-state index contributed by atoms with van der Waals surface area (Å²) in [6.07, 6.45) is 4.30. The number of rotatable bonds is 5. The van der Waals surface area contributed by atoms with Crippen LogP contribution < -0.4 is 5.32 Å². The molecule has 78 valence electrons. The minimum Gasteiger partial charge on any atom is -0.385 e. The molecule has 0 aliphatic heterocycles. The SMILES string of the molecule is COCCC(C)Nc1ccncc1Cl. The van der Waals surface area contributed by atoms with E-state index < -0.39 is 0 Å². The Morgan fingerprint density at radius 1 is 1.64 bits per heavy atom. The van der Waals surface area contributed by atoms with Gasteiger partial charge in [0.2, 0.25) is 0 Å². The maximum Gasteiger partial charge on any atom is 0.0820 e. The highest BCUT2D eigenvalue weighted by molar-refractivity contribution is 6.33. The summed E-state index contributed by atoms with van der Waals surface area (Å²) in [6, 6.07) is 2.21. The van der Waals surface area contributed by atoms with Gasteiger partial charge in [-0.3, -0.25) is 4.98 Å². The van der Waals surface area contributed by atoms with Gasteiger partial charge >= 0.3 is 0 Å². The summed E-state index contributed by atoms with van der Waals surface area (Å²) < 4.78 is 5.00. The molecule has 0 aliphatic rings. The average molecular weight is 215 g/mol. The van der Waals surface area contributed by atoms with Gasteiger partial charge < -0.3 is 10.1 Å². The van der Waals surface area contributed by atoms with Gasteiger partial charge in [0.05, 0.1) is 10.7 Å². The number of hydrogen-bond donors (Lipinski definition) is 1. The van der Waals surface area contributed by atoms with Crippen molar-refractivity contribution in [2.45, 2.75) is 19.4 Å². The van der Waals surface area contributed by atoms with E-state index in [2.05, 4.69) is 17.2 Å². The van der Waals surface area contributed by atoms with Crippen LogP contribution in [0.25, 0.3) is 0 Å². The zero-order valence-corrected chi connectivity index (χ0v) is 9.21. The molecule has 0 aromatic carbocycles. The van der Waals surface area contributed by atoms with E-state index >= 15 is 0 Å². The van der Waals surface area contributed by atoms with Crippen LogP contribution in [0.5, 0.6) is 0 Å². The number of aromatic nitrogens is 1. The number of nitrogens with zero attached hydrogens (tertiary/aromatic N) is 1.